The average molecular weight is 223 g/mol. The Labute approximate surface area is 94.9 Å². The number of hydrogen-bond donors (Lipinski definition) is 3. The van der Waals surface area contributed by atoms with Crippen LogP contribution in [0.3, 0.4) is 0 Å². The van der Waals surface area contributed by atoms with Crippen LogP contribution < -0.4 is 5.32 Å². The number of aliphatic hydroxyl groups is 1. The number of aromatic carboxylic acids is 1. The Morgan fingerprint density at radius 3 is 2.75 bits per heavy atom. The molecular formula is C12H17NO3. The van der Waals surface area contributed by atoms with Crippen molar-refractivity contribution in [3.05, 3.63) is 29.3 Å². The molecule has 0 radical (unpaired) electrons. The molecule has 88 valence electrons. The number of aliphatic hydroxyl groups excluding tert-OH is 1. The minimum absolute atomic E-state index is 0.0456. The average Bonchev–Trinajstić information content (AvgIpc) is 2.21. The zero-order valence-corrected chi connectivity index (χ0v) is 9.53. The van der Waals surface area contributed by atoms with Gasteiger partial charge in [-0.2, -0.15) is 0 Å². The first-order valence-electron chi connectivity index (χ1n) is 5.26. The molecule has 1 aromatic rings. The maximum absolute atomic E-state index is 11.0. The molecule has 0 aliphatic rings. The van der Waals surface area contributed by atoms with Crippen LogP contribution in [-0.2, 0) is 0 Å². The molecule has 1 rings (SSSR count). The van der Waals surface area contributed by atoms with Crippen LogP contribution in [0.15, 0.2) is 18.2 Å². The topological polar surface area (TPSA) is 69.6 Å². The molecule has 4 heteroatoms. The number of nitrogens with one attached hydrogen (secondary N) is 1. The van der Waals surface area contributed by atoms with E-state index in [9.17, 15) is 4.79 Å². The van der Waals surface area contributed by atoms with Crippen molar-refractivity contribution in [2.45, 2.75) is 26.3 Å². The molecule has 0 spiro atoms. The maximum atomic E-state index is 11.0. The van der Waals surface area contributed by atoms with Crippen LogP contribution >= 0.6 is 0 Å². The van der Waals surface area contributed by atoms with Gasteiger partial charge in [-0.1, -0.05) is 12.1 Å². The van der Waals surface area contributed by atoms with Gasteiger partial charge >= 0.3 is 5.97 Å². The first-order valence-corrected chi connectivity index (χ1v) is 5.26. The predicted molar refractivity (Wildman–Crippen MR) is 62.9 cm³/mol. The highest BCUT2D eigenvalue weighted by Gasteiger charge is 2.13. The van der Waals surface area contributed by atoms with Gasteiger partial charge in [-0.3, -0.25) is 0 Å². The Morgan fingerprint density at radius 2 is 2.19 bits per heavy atom. The lowest BCUT2D eigenvalue weighted by molar-refractivity contribution is 0.0698. The first kappa shape index (κ1) is 12.5. The van der Waals surface area contributed by atoms with Crippen molar-refractivity contribution in [2.24, 2.45) is 0 Å². The third kappa shape index (κ3) is 2.97. The largest absolute Gasteiger partial charge is 0.478 e. The molecule has 1 atom stereocenters. The van der Waals surface area contributed by atoms with Gasteiger partial charge < -0.3 is 15.5 Å². The van der Waals surface area contributed by atoms with Crippen molar-refractivity contribution < 1.29 is 15.0 Å². The Bertz CT molecular complexity index is 377. The Hall–Kier alpha value is -1.55. The van der Waals surface area contributed by atoms with E-state index in [0.717, 1.165) is 5.56 Å². The number of carboxylic acids is 1. The molecule has 1 aromatic carbocycles. The number of hydrogen-bond acceptors (Lipinski definition) is 3. The van der Waals surface area contributed by atoms with E-state index >= 15 is 0 Å². The molecule has 0 amide bonds. The molecule has 0 fully saturated rings. The van der Waals surface area contributed by atoms with Gasteiger partial charge in [0, 0.05) is 12.6 Å². The van der Waals surface area contributed by atoms with E-state index in [-0.39, 0.29) is 18.2 Å². The summed E-state index contributed by atoms with van der Waals surface area (Å²) in [4.78, 5) is 11.0. The zero-order valence-electron chi connectivity index (χ0n) is 9.53. The molecule has 0 saturated carbocycles. The molecule has 0 aliphatic heterocycles. The Kier molecular flexibility index (Phi) is 4.31. The Morgan fingerprint density at radius 1 is 1.50 bits per heavy atom. The van der Waals surface area contributed by atoms with Gasteiger partial charge in [0.2, 0.25) is 0 Å². The number of carbonyl (C=O) groups is 1. The molecule has 0 heterocycles. The van der Waals surface area contributed by atoms with Gasteiger partial charge in [0.15, 0.2) is 0 Å². The van der Waals surface area contributed by atoms with Gasteiger partial charge in [-0.15, -0.1) is 0 Å². The monoisotopic (exact) mass is 223 g/mol. The smallest absolute Gasteiger partial charge is 0.337 e. The van der Waals surface area contributed by atoms with E-state index in [1.807, 2.05) is 19.9 Å². The van der Waals surface area contributed by atoms with Crippen molar-refractivity contribution in [1.29, 1.82) is 0 Å². The van der Waals surface area contributed by atoms with Gasteiger partial charge in [0.05, 0.1) is 11.3 Å². The van der Waals surface area contributed by atoms with E-state index < -0.39 is 5.97 Å². The van der Waals surface area contributed by atoms with Crippen LogP contribution in [0.4, 0.5) is 5.69 Å². The number of rotatable bonds is 5. The second kappa shape index (κ2) is 5.51. The highest BCUT2D eigenvalue weighted by Crippen LogP contribution is 2.21. The summed E-state index contributed by atoms with van der Waals surface area (Å²) in [6.07, 6.45) is 0.591. The molecule has 16 heavy (non-hydrogen) atoms. The predicted octanol–water partition coefficient (Wildman–Crippen LogP) is 1.88. The van der Waals surface area contributed by atoms with Crippen molar-refractivity contribution >= 4 is 11.7 Å². The number of benzene rings is 1. The van der Waals surface area contributed by atoms with Crippen LogP contribution in [0.2, 0.25) is 0 Å². The molecule has 1 unspecified atom stereocenters. The van der Waals surface area contributed by atoms with Crippen molar-refractivity contribution in [3.63, 3.8) is 0 Å². The summed E-state index contributed by atoms with van der Waals surface area (Å²) in [7, 11) is 0. The molecule has 0 saturated heterocycles. The van der Waals surface area contributed by atoms with Crippen molar-refractivity contribution in [2.75, 3.05) is 11.9 Å². The quantitative estimate of drug-likeness (QED) is 0.712. The maximum Gasteiger partial charge on any atom is 0.337 e. The molecule has 4 nitrogen and oxygen atoms in total. The fourth-order valence-corrected chi connectivity index (χ4v) is 1.55. The highest BCUT2D eigenvalue weighted by molar-refractivity contribution is 5.95. The van der Waals surface area contributed by atoms with Crippen LogP contribution in [0.25, 0.3) is 0 Å². The van der Waals surface area contributed by atoms with Crippen molar-refractivity contribution in [3.8, 4) is 0 Å². The SMILES string of the molecule is Cc1cccc(C(=O)O)c1NC(C)CCO. The minimum Gasteiger partial charge on any atom is -0.478 e. The second-order valence-electron chi connectivity index (χ2n) is 3.86. The van der Waals surface area contributed by atoms with Crippen LogP contribution in [0.1, 0.15) is 29.3 Å². The fraction of sp³-hybridized carbons (Fsp3) is 0.417. The van der Waals surface area contributed by atoms with Gasteiger partial charge in [-0.05, 0) is 31.9 Å². The summed E-state index contributed by atoms with van der Waals surface area (Å²) in [5.41, 5.74) is 1.80. The van der Waals surface area contributed by atoms with Crippen LogP contribution in [0.5, 0.6) is 0 Å². The standard InChI is InChI=1S/C12H17NO3/c1-8-4-3-5-10(12(15)16)11(8)13-9(2)6-7-14/h3-5,9,13-14H,6-7H2,1-2H3,(H,15,16). The number of para-hydroxylation sites is 1. The number of carboxylic acid groups (broad SMARTS) is 1. The summed E-state index contributed by atoms with van der Waals surface area (Å²) >= 11 is 0. The second-order valence-corrected chi connectivity index (χ2v) is 3.86. The summed E-state index contributed by atoms with van der Waals surface area (Å²) < 4.78 is 0. The fourth-order valence-electron chi connectivity index (χ4n) is 1.55. The van der Waals surface area contributed by atoms with E-state index in [1.165, 1.54) is 0 Å². The lowest BCUT2D eigenvalue weighted by atomic mass is 10.1. The van der Waals surface area contributed by atoms with Crippen LogP contribution in [0, 0.1) is 6.92 Å². The molecule has 0 aromatic heterocycles. The highest BCUT2D eigenvalue weighted by atomic mass is 16.4. The minimum atomic E-state index is -0.942. The summed E-state index contributed by atoms with van der Waals surface area (Å²) in [6.45, 7) is 3.86. The first-order chi connectivity index (χ1) is 7.56. The van der Waals surface area contributed by atoms with E-state index in [4.69, 9.17) is 10.2 Å². The molecule has 0 bridgehead atoms. The molecule has 3 N–H and O–H groups in total. The van der Waals surface area contributed by atoms with E-state index in [1.54, 1.807) is 12.1 Å². The van der Waals surface area contributed by atoms with Gasteiger partial charge in [-0.25, -0.2) is 4.79 Å². The van der Waals surface area contributed by atoms with E-state index in [0.29, 0.717) is 12.1 Å². The Balaban J connectivity index is 2.97. The zero-order chi connectivity index (χ0) is 12.1. The normalized spacial score (nSPS) is 12.2. The summed E-state index contributed by atoms with van der Waals surface area (Å²) in [5, 5.41) is 21.0. The number of anilines is 1. The lowest BCUT2D eigenvalue weighted by Gasteiger charge is -2.17. The molecular weight excluding hydrogens is 206 g/mol. The lowest BCUT2D eigenvalue weighted by Crippen LogP contribution is -2.19. The third-order valence-corrected chi connectivity index (χ3v) is 2.46. The number of aryl methyl sites for hydroxylation is 1. The molecule has 0 aliphatic carbocycles. The van der Waals surface area contributed by atoms with Crippen LogP contribution in [-0.4, -0.2) is 28.8 Å². The van der Waals surface area contributed by atoms with Gasteiger partial charge in [0.25, 0.3) is 0 Å². The summed E-state index contributed by atoms with van der Waals surface area (Å²) in [5.74, 6) is -0.942. The van der Waals surface area contributed by atoms with E-state index in [2.05, 4.69) is 5.32 Å². The third-order valence-electron chi connectivity index (χ3n) is 2.46. The van der Waals surface area contributed by atoms with Crippen molar-refractivity contribution in [1.82, 2.24) is 0 Å². The van der Waals surface area contributed by atoms with Gasteiger partial charge in [0.1, 0.15) is 0 Å². The summed E-state index contributed by atoms with van der Waals surface area (Å²) in [6, 6.07) is 5.20.